The maximum atomic E-state index is 10.3. The van der Waals surface area contributed by atoms with E-state index in [2.05, 4.69) is 39.3 Å². The van der Waals surface area contributed by atoms with Crippen molar-refractivity contribution in [2.24, 2.45) is 0 Å². The van der Waals surface area contributed by atoms with E-state index in [9.17, 15) is 5.11 Å². The van der Waals surface area contributed by atoms with Crippen molar-refractivity contribution in [3.05, 3.63) is 0 Å². The molecule has 0 aliphatic carbocycles. The topological polar surface area (TPSA) is 66.4 Å². The first-order valence-corrected chi connectivity index (χ1v) is 14.5. The molecule has 0 aromatic heterocycles. The van der Waals surface area contributed by atoms with Crippen molar-refractivity contribution in [3.63, 3.8) is 0 Å². The lowest BCUT2D eigenvalue weighted by molar-refractivity contribution is -0.289. The second kappa shape index (κ2) is 7.84. The molecule has 22 heavy (non-hydrogen) atoms. The lowest BCUT2D eigenvalue weighted by Gasteiger charge is -2.45. The Bertz CT molecular complexity index is 341. The summed E-state index contributed by atoms with van der Waals surface area (Å²) < 4.78 is 28.8. The minimum Gasteiger partial charge on any atom is -0.415 e. The van der Waals surface area contributed by atoms with Crippen molar-refractivity contribution in [1.82, 2.24) is 0 Å². The zero-order valence-electron chi connectivity index (χ0n) is 15.1. The summed E-state index contributed by atoms with van der Waals surface area (Å²) in [6.07, 6.45) is -2.71. The van der Waals surface area contributed by atoms with Crippen LogP contribution in [0.2, 0.25) is 39.3 Å². The Morgan fingerprint density at radius 2 is 1.41 bits per heavy atom. The van der Waals surface area contributed by atoms with E-state index in [1.54, 1.807) is 14.2 Å². The van der Waals surface area contributed by atoms with E-state index in [0.717, 1.165) is 0 Å². The minimum atomic E-state index is -1.86. The normalized spacial score (nSPS) is 34.0. The molecule has 1 aliphatic rings. The molecular formula is C14H32O6Si2. The van der Waals surface area contributed by atoms with Crippen LogP contribution in [0.25, 0.3) is 0 Å². The van der Waals surface area contributed by atoms with Crippen molar-refractivity contribution in [1.29, 1.82) is 0 Å². The molecule has 8 heteroatoms. The van der Waals surface area contributed by atoms with Crippen LogP contribution in [-0.2, 0) is 23.1 Å². The molecule has 0 aromatic carbocycles. The van der Waals surface area contributed by atoms with Crippen molar-refractivity contribution >= 4 is 16.6 Å². The largest absolute Gasteiger partial charge is 0.415 e. The van der Waals surface area contributed by atoms with Crippen LogP contribution in [0.1, 0.15) is 0 Å². The van der Waals surface area contributed by atoms with Gasteiger partial charge in [0.25, 0.3) is 0 Å². The number of hydrogen-bond acceptors (Lipinski definition) is 6. The average Bonchev–Trinajstić information content (AvgIpc) is 2.36. The van der Waals surface area contributed by atoms with Crippen molar-refractivity contribution in [2.45, 2.75) is 70.0 Å². The predicted molar refractivity (Wildman–Crippen MR) is 90.0 cm³/mol. The highest BCUT2D eigenvalue weighted by molar-refractivity contribution is 6.70. The minimum absolute atomic E-state index is 0.342. The molecular weight excluding hydrogens is 320 g/mol. The van der Waals surface area contributed by atoms with Gasteiger partial charge in [-0.1, -0.05) is 0 Å². The predicted octanol–water partition coefficient (Wildman–Crippen LogP) is 1.81. The van der Waals surface area contributed by atoms with Crippen LogP contribution >= 0.6 is 0 Å². The van der Waals surface area contributed by atoms with Gasteiger partial charge in [-0.15, -0.1) is 0 Å². The zero-order chi connectivity index (χ0) is 17.1. The van der Waals surface area contributed by atoms with Crippen molar-refractivity contribution < 1.29 is 28.2 Å². The molecule has 0 bridgehead atoms. The number of rotatable bonds is 7. The molecule has 0 amide bonds. The fraction of sp³-hybridized carbons (Fsp3) is 1.00. The molecule has 0 aromatic rings. The summed E-state index contributed by atoms with van der Waals surface area (Å²) in [7, 11) is -0.314. The Kier molecular flexibility index (Phi) is 7.22. The standard InChI is InChI=1S/C14H32O6Si2/c1-16-11-10(9-18-21(3,4)5)19-14(15)13(12(11)17-2)20-22(6,7)8/h10-15H,9H2,1-8H3/t10-,11+,12+,13-,14?/m0/s1. The second-order valence-corrected chi connectivity index (χ2v) is 16.6. The van der Waals surface area contributed by atoms with Crippen LogP contribution in [-0.4, -0.2) is 73.3 Å². The maximum absolute atomic E-state index is 10.3. The fourth-order valence-corrected chi connectivity index (χ4v) is 4.18. The molecule has 1 rings (SSSR count). The van der Waals surface area contributed by atoms with Gasteiger partial charge in [-0.3, -0.25) is 0 Å². The SMILES string of the molecule is CO[C@@H]1[C@H](OC)[C@H](CO[Si](C)(C)C)OC(O)[C@H]1O[Si](C)(C)C. The van der Waals surface area contributed by atoms with Crippen LogP contribution in [0.15, 0.2) is 0 Å². The maximum Gasteiger partial charge on any atom is 0.184 e. The molecule has 1 aliphatic heterocycles. The third-order valence-electron chi connectivity index (χ3n) is 3.32. The summed E-state index contributed by atoms with van der Waals surface area (Å²) in [5, 5.41) is 10.3. The Labute approximate surface area is 136 Å². The molecule has 1 fully saturated rings. The van der Waals surface area contributed by atoms with Gasteiger partial charge in [0, 0.05) is 14.2 Å². The van der Waals surface area contributed by atoms with Gasteiger partial charge in [0.2, 0.25) is 0 Å². The van der Waals surface area contributed by atoms with Crippen molar-refractivity contribution in [3.8, 4) is 0 Å². The van der Waals surface area contributed by atoms with E-state index in [0.29, 0.717) is 6.61 Å². The van der Waals surface area contributed by atoms with Gasteiger partial charge in [-0.05, 0) is 39.3 Å². The molecule has 1 saturated heterocycles. The molecule has 1 N–H and O–H groups in total. The van der Waals surface area contributed by atoms with Gasteiger partial charge in [0.15, 0.2) is 22.9 Å². The van der Waals surface area contributed by atoms with Crippen LogP contribution < -0.4 is 0 Å². The molecule has 132 valence electrons. The van der Waals surface area contributed by atoms with Gasteiger partial charge >= 0.3 is 0 Å². The van der Waals surface area contributed by atoms with Gasteiger partial charge < -0.3 is 28.2 Å². The van der Waals surface area contributed by atoms with E-state index in [4.69, 9.17) is 23.1 Å². The summed E-state index contributed by atoms with van der Waals surface area (Å²) in [6, 6.07) is 0. The summed E-state index contributed by atoms with van der Waals surface area (Å²) in [4.78, 5) is 0. The third kappa shape index (κ3) is 6.01. The molecule has 0 spiro atoms. The fourth-order valence-electron chi connectivity index (χ4n) is 2.45. The molecule has 1 unspecified atom stereocenters. The van der Waals surface area contributed by atoms with Crippen LogP contribution in [0, 0.1) is 0 Å². The van der Waals surface area contributed by atoms with Crippen LogP contribution in [0.3, 0.4) is 0 Å². The average molecular weight is 353 g/mol. The number of hydrogen-bond donors (Lipinski definition) is 1. The van der Waals surface area contributed by atoms with E-state index >= 15 is 0 Å². The Morgan fingerprint density at radius 1 is 0.864 bits per heavy atom. The molecule has 1 heterocycles. The number of ether oxygens (including phenoxy) is 3. The lowest BCUT2D eigenvalue weighted by Crippen LogP contribution is -2.62. The summed E-state index contributed by atoms with van der Waals surface area (Å²) in [5.74, 6) is 0. The highest BCUT2D eigenvalue weighted by Gasteiger charge is 2.48. The summed E-state index contributed by atoms with van der Waals surface area (Å²) in [5.41, 5.74) is 0. The summed E-state index contributed by atoms with van der Waals surface area (Å²) in [6.45, 7) is 12.9. The first-order chi connectivity index (χ1) is 9.98. The van der Waals surface area contributed by atoms with E-state index in [1.807, 2.05) is 0 Å². The van der Waals surface area contributed by atoms with Gasteiger partial charge in [0.05, 0.1) is 6.61 Å². The summed E-state index contributed by atoms with van der Waals surface area (Å²) >= 11 is 0. The Hall–Kier alpha value is 0.194. The van der Waals surface area contributed by atoms with Crippen LogP contribution in [0.4, 0.5) is 0 Å². The number of aliphatic hydroxyl groups excluding tert-OH is 1. The van der Waals surface area contributed by atoms with Gasteiger partial charge in [-0.2, -0.15) is 0 Å². The second-order valence-electron chi connectivity index (χ2n) is 7.58. The van der Waals surface area contributed by atoms with Crippen LogP contribution in [0.5, 0.6) is 0 Å². The quantitative estimate of drug-likeness (QED) is 0.705. The first kappa shape index (κ1) is 20.2. The number of methoxy groups -OCH3 is 2. The van der Waals surface area contributed by atoms with E-state index < -0.39 is 35.1 Å². The molecule has 5 atom stereocenters. The highest BCUT2D eigenvalue weighted by Crippen LogP contribution is 2.29. The number of aliphatic hydroxyl groups is 1. The van der Waals surface area contributed by atoms with Gasteiger partial charge in [-0.25, -0.2) is 0 Å². The monoisotopic (exact) mass is 352 g/mol. The Morgan fingerprint density at radius 3 is 1.82 bits per heavy atom. The molecule has 6 nitrogen and oxygen atoms in total. The van der Waals surface area contributed by atoms with Gasteiger partial charge in [0.1, 0.15) is 24.4 Å². The highest BCUT2D eigenvalue weighted by atomic mass is 28.4. The molecule has 0 saturated carbocycles. The zero-order valence-corrected chi connectivity index (χ0v) is 17.1. The van der Waals surface area contributed by atoms with E-state index in [-0.39, 0.29) is 12.2 Å². The molecule has 0 radical (unpaired) electrons. The van der Waals surface area contributed by atoms with Crippen molar-refractivity contribution in [2.75, 3.05) is 20.8 Å². The smallest absolute Gasteiger partial charge is 0.184 e. The Balaban J connectivity index is 2.86. The first-order valence-electron chi connectivity index (χ1n) is 7.69. The van der Waals surface area contributed by atoms with E-state index in [1.165, 1.54) is 0 Å². The lowest BCUT2D eigenvalue weighted by atomic mass is 9.99. The third-order valence-corrected chi connectivity index (χ3v) is 5.34.